The van der Waals surface area contributed by atoms with Gasteiger partial charge >= 0.3 is 21.3 Å². The third-order valence-electron chi connectivity index (χ3n) is 2.07. The van der Waals surface area contributed by atoms with Crippen LogP contribution in [0.25, 0.3) is 0 Å². The van der Waals surface area contributed by atoms with Gasteiger partial charge < -0.3 is 4.74 Å². The van der Waals surface area contributed by atoms with Crippen LogP contribution in [0.5, 0.6) is 0 Å². The summed E-state index contributed by atoms with van der Waals surface area (Å²) in [7, 11) is -5.88. The van der Waals surface area contributed by atoms with Gasteiger partial charge in [-0.3, -0.25) is 4.55 Å². The van der Waals surface area contributed by atoms with E-state index in [1.807, 2.05) is 0 Å². The molecule has 0 saturated carbocycles. The van der Waals surface area contributed by atoms with Gasteiger partial charge in [0, 0.05) is 0 Å². The largest absolute Gasteiger partial charge is 0.454 e. The van der Waals surface area contributed by atoms with Crippen LogP contribution in [0.4, 0.5) is 22.0 Å². The van der Waals surface area contributed by atoms with E-state index in [9.17, 15) is 35.2 Å². The fourth-order valence-electron chi connectivity index (χ4n) is 1.02. The molecule has 0 aliphatic carbocycles. The van der Waals surface area contributed by atoms with Gasteiger partial charge in [-0.15, -0.1) is 0 Å². The van der Waals surface area contributed by atoms with Gasteiger partial charge in [-0.25, -0.2) is 18.0 Å². The van der Waals surface area contributed by atoms with Crippen LogP contribution in [-0.2, 0) is 14.9 Å². The highest BCUT2D eigenvalue weighted by molar-refractivity contribution is 7.86. The zero-order valence-corrected chi connectivity index (χ0v) is 11.1. The summed E-state index contributed by atoms with van der Waals surface area (Å²) in [6.07, 6.45) is 0. The molecule has 0 aliphatic rings. The van der Waals surface area contributed by atoms with Gasteiger partial charge in [0.25, 0.3) is 0 Å². The topological polar surface area (TPSA) is 80.7 Å². The number of ether oxygens (including phenoxy) is 1. The molecule has 0 atom stereocenters. The molecule has 1 aromatic carbocycles. The standard InChI is InChI=1S/C9H4ClF5O5S/c10-5-6(12)3(1-4(11)7(5)13)8(16)20-2-9(14,15)21(17,18)19/h1H,2H2,(H,17,18,19). The second-order valence-electron chi connectivity index (χ2n) is 3.54. The van der Waals surface area contributed by atoms with E-state index in [4.69, 9.17) is 16.2 Å². The van der Waals surface area contributed by atoms with Crippen LogP contribution in [0.2, 0.25) is 5.02 Å². The molecular weight excluding hydrogens is 351 g/mol. The third kappa shape index (κ3) is 3.60. The van der Waals surface area contributed by atoms with Crippen LogP contribution in [0.3, 0.4) is 0 Å². The molecular formula is C9H4ClF5O5S. The molecule has 1 aromatic rings. The molecule has 5 nitrogen and oxygen atoms in total. The molecule has 12 heteroatoms. The van der Waals surface area contributed by atoms with Crippen molar-refractivity contribution in [2.75, 3.05) is 6.61 Å². The van der Waals surface area contributed by atoms with E-state index in [1.165, 1.54) is 0 Å². The number of alkyl halides is 2. The van der Waals surface area contributed by atoms with Gasteiger partial charge in [0.05, 0.1) is 5.56 Å². The Bertz CT molecular complexity index is 690. The van der Waals surface area contributed by atoms with E-state index in [2.05, 4.69) is 4.74 Å². The molecule has 0 amide bonds. The summed E-state index contributed by atoms with van der Waals surface area (Å²) < 4.78 is 97.0. The van der Waals surface area contributed by atoms with Crippen molar-refractivity contribution in [3.8, 4) is 0 Å². The van der Waals surface area contributed by atoms with Crippen molar-refractivity contribution >= 4 is 27.7 Å². The first-order valence-electron chi connectivity index (χ1n) is 4.73. The van der Waals surface area contributed by atoms with E-state index in [1.54, 1.807) is 0 Å². The Hall–Kier alpha value is -1.46. The lowest BCUT2D eigenvalue weighted by molar-refractivity contribution is -0.00982. The first-order valence-corrected chi connectivity index (χ1v) is 6.55. The van der Waals surface area contributed by atoms with Crippen molar-refractivity contribution < 1.29 is 44.5 Å². The van der Waals surface area contributed by atoms with Gasteiger partial charge in [-0.1, -0.05) is 11.6 Å². The maximum atomic E-state index is 13.4. The van der Waals surface area contributed by atoms with Crippen molar-refractivity contribution in [1.82, 2.24) is 0 Å². The summed E-state index contributed by atoms with van der Waals surface area (Å²) in [6.45, 7) is -2.17. The summed E-state index contributed by atoms with van der Waals surface area (Å²) in [5.74, 6) is -7.28. The Morgan fingerprint density at radius 1 is 1.29 bits per heavy atom. The maximum absolute atomic E-state index is 13.4. The van der Waals surface area contributed by atoms with E-state index < -0.39 is 56.0 Å². The Morgan fingerprint density at radius 3 is 2.29 bits per heavy atom. The van der Waals surface area contributed by atoms with E-state index in [0.29, 0.717) is 0 Å². The molecule has 1 N–H and O–H groups in total. The van der Waals surface area contributed by atoms with Gasteiger partial charge in [0.15, 0.2) is 24.1 Å². The lowest BCUT2D eigenvalue weighted by Crippen LogP contribution is -2.34. The number of benzene rings is 1. The molecule has 0 unspecified atom stereocenters. The van der Waals surface area contributed by atoms with Crippen molar-refractivity contribution in [3.05, 3.63) is 34.1 Å². The predicted molar refractivity (Wildman–Crippen MR) is 58.1 cm³/mol. The van der Waals surface area contributed by atoms with Gasteiger partial charge in [-0.2, -0.15) is 17.2 Å². The molecule has 0 aromatic heterocycles. The molecule has 0 heterocycles. The molecule has 21 heavy (non-hydrogen) atoms. The summed E-state index contributed by atoms with van der Waals surface area (Å²) in [6, 6.07) is -0.00946. The lowest BCUT2D eigenvalue weighted by atomic mass is 10.2. The van der Waals surface area contributed by atoms with Crippen LogP contribution in [0.1, 0.15) is 10.4 Å². The number of hydrogen-bond donors (Lipinski definition) is 1. The highest BCUT2D eigenvalue weighted by atomic mass is 35.5. The Kier molecular flexibility index (Phi) is 4.80. The molecule has 0 radical (unpaired) electrons. The molecule has 0 fully saturated rings. The summed E-state index contributed by atoms with van der Waals surface area (Å²) in [5.41, 5.74) is -1.33. The van der Waals surface area contributed by atoms with Crippen molar-refractivity contribution in [1.29, 1.82) is 0 Å². The number of halogens is 6. The predicted octanol–water partition coefficient (Wildman–Crippen LogP) is 2.39. The zero-order valence-electron chi connectivity index (χ0n) is 9.54. The first-order chi connectivity index (χ1) is 9.38. The highest BCUT2D eigenvalue weighted by Crippen LogP contribution is 2.26. The number of rotatable bonds is 4. The summed E-state index contributed by atoms with van der Waals surface area (Å²) in [5, 5.41) is -6.27. The van der Waals surface area contributed by atoms with Crippen LogP contribution in [0, 0.1) is 17.5 Å². The third-order valence-corrected chi connectivity index (χ3v) is 3.28. The van der Waals surface area contributed by atoms with Crippen LogP contribution >= 0.6 is 11.6 Å². The quantitative estimate of drug-likeness (QED) is 0.295. The number of esters is 1. The van der Waals surface area contributed by atoms with Crippen molar-refractivity contribution in [3.63, 3.8) is 0 Å². The first kappa shape index (κ1) is 17.6. The van der Waals surface area contributed by atoms with Crippen LogP contribution in [-0.4, -0.2) is 30.8 Å². The Labute approximate surface area is 119 Å². The van der Waals surface area contributed by atoms with Crippen LogP contribution in [0.15, 0.2) is 6.07 Å². The Morgan fingerprint density at radius 2 is 1.81 bits per heavy atom. The van der Waals surface area contributed by atoms with Gasteiger partial charge in [0.1, 0.15) is 5.02 Å². The smallest absolute Gasteiger partial charge is 0.402 e. The van der Waals surface area contributed by atoms with Gasteiger partial charge in [-0.05, 0) is 6.07 Å². The van der Waals surface area contributed by atoms with Crippen molar-refractivity contribution in [2.24, 2.45) is 0 Å². The molecule has 0 aliphatic heterocycles. The Balaban J connectivity index is 3.03. The molecule has 0 bridgehead atoms. The number of carbonyl (C=O) groups excluding carboxylic acids is 1. The van der Waals surface area contributed by atoms with Gasteiger partial charge in [0.2, 0.25) is 0 Å². The minimum absolute atomic E-state index is 0.00946. The minimum atomic E-state index is -5.88. The molecule has 0 spiro atoms. The van der Waals surface area contributed by atoms with E-state index in [-0.39, 0.29) is 6.07 Å². The molecule has 118 valence electrons. The monoisotopic (exact) mass is 354 g/mol. The SMILES string of the molecule is O=C(OCC(F)(F)S(=O)(=O)O)c1cc(F)c(F)c(Cl)c1F. The highest BCUT2D eigenvalue weighted by Gasteiger charge is 2.45. The van der Waals surface area contributed by atoms with Crippen molar-refractivity contribution in [2.45, 2.75) is 5.25 Å². The summed E-state index contributed by atoms with van der Waals surface area (Å²) >= 11 is 5.01. The fraction of sp³-hybridized carbons (Fsp3) is 0.222. The average molecular weight is 355 g/mol. The summed E-state index contributed by atoms with van der Waals surface area (Å²) in [4.78, 5) is 11.2. The minimum Gasteiger partial charge on any atom is -0.454 e. The number of carbonyl (C=O) groups is 1. The maximum Gasteiger partial charge on any atom is 0.402 e. The average Bonchev–Trinajstić information content (AvgIpc) is 2.36. The normalized spacial score (nSPS) is 12.3. The second kappa shape index (κ2) is 5.73. The zero-order chi connectivity index (χ0) is 16.6. The molecule has 0 saturated heterocycles. The fourth-order valence-corrected chi connectivity index (χ4v) is 1.42. The van der Waals surface area contributed by atoms with E-state index in [0.717, 1.165) is 0 Å². The molecule has 1 rings (SSSR count). The van der Waals surface area contributed by atoms with E-state index >= 15 is 0 Å². The second-order valence-corrected chi connectivity index (χ2v) is 5.46. The number of hydrogen-bond acceptors (Lipinski definition) is 4. The van der Waals surface area contributed by atoms with Crippen LogP contribution < -0.4 is 0 Å². The lowest BCUT2D eigenvalue weighted by Gasteiger charge is -2.13.